The van der Waals surface area contributed by atoms with Crippen LogP contribution in [0.1, 0.15) is 31.7 Å². The molecular weight excluding hydrogens is 386 g/mol. The highest BCUT2D eigenvalue weighted by atomic mass is 32.2. The largest absolute Gasteiger partial charge is 0.304 e. The lowest BCUT2D eigenvalue weighted by Gasteiger charge is -2.31. The summed E-state index contributed by atoms with van der Waals surface area (Å²) in [6.07, 6.45) is 4.40. The number of nitrogens with zero attached hydrogens (tertiary/aromatic N) is 4. The molecule has 0 saturated carbocycles. The van der Waals surface area contributed by atoms with E-state index < -0.39 is 10.0 Å². The van der Waals surface area contributed by atoms with Gasteiger partial charge in [0.05, 0.1) is 5.71 Å². The van der Waals surface area contributed by atoms with Gasteiger partial charge in [0.1, 0.15) is 10.7 Å². The fourth-order valence-corrected chi connectivity index (χ4v) is 4.51. The standard InChI is InChI=1S/C21H29N5O2S/c1-3-4-10-20(18-8-6-5-7-9-18)23-24-21-12-11-19(17-22-21)29(27,28)26-15-13-25(2)14-16-26/h5-9,11-12,17H,3-4,10,13-16H2,1-2H3,(H,22,24)/b23-20-. The number of hydrogen-bond acceptors (Lipinski definition) is 6. The molecule has 1 aliphatic rings. The maximum Gasteiger partial charge on any atom is 0.244 e. The number of hydrogen-bond donors (Lipinski definition) is 1. The Kier molecular flexibility index (Phi) is 7.35. The van der Waals surface area contributed by atoms with Crippen molar-refractivity contribution in [1.29, 1.82) is 0 Å². The molecular formula is C21H29N5O2S. The summed E-state index contributed by atoms with van der Waals surface area (Å²) in [7, 11) is -1.51. The van der Waals surface area contributed by atoms with Crippen molar-refractivity contribution in [3.05, 3.63) is 54.2 Å². The average molecular weight is 416 g/mol. The smallest absolute Gasteiger partial charge is 0.244 e. The molecule has 1 fully saturated rings. The van der Waals surface area contributed by atoms with E-state index in [4.69, 9.17) is 0 Å². The molecule has 0 unspecified atom stereocenters. The monoisotopic (exact) mass is 415 g/mol. The van der Waals surface area contributed by atoms with Gasteiger partial charge in [-0.1, -0.05) is 43.7 Å². The number of likely N-dealkylation sites (N-methyl/N-ethyl adjacent to an activating group) is 1. The predicted molar refractivity (Wildman–Crippen MR) is 117 cm³/mol. The van der Waals surface area contributed by atoms with Gasteiger partial charge < -0.3 is 4.90 Å². The Bertz CT molecular complexity index is 906. The zero-order valence-electron chi connectivity index (χ0n) is 17.1. The van der Waals surface area contributed by atoms with Crippen molar-refractivity contribution < 1.29 is 8.42 Å². The van der Waals surface area contributed by atoms with E-state index in [-0.39, 0.29) is 4.90 Å². The van der Waals surface area contributed by atoms with E-state index in [1.54, 1.807) is 12.1 Å². The van der Waals surface area contributed by atoms with Gasteiger partial charge in [0.2, 0.25) is 10.0 Å². The third-order valence-corrected chi connectivity index (χ3v) is 6.90. The number of pyridine rings is 1. The summed E-state index contributed by atoms with van der Waals surface area (Å²) in [6, 6.07) is 13.3. The molecule has 0 spiro atoms. The molecule has 1 aliphatic heterocycles. The second kappa shape index (κ2) is 9.96. The number of piperazine rings is 1. The van der Waals surface area contributed by atoms with Crippen LogP contribution in [0.5, 0.6) is 0 Å². The second-order valence-corrected chi connectivity index (χ2v) is 9.16. The number of unbranched alkanes of at least 4 members (excludes halogenated alkanes) is 1. The minimum atomic E-state index is -3.51. The van der Waals surface area contributed by atoms with Crippen molar-refractivity contribution >= 4 is 21.6 Å². The zero-order chi connectivity index (χ0) is 20.7. The van der Waals surface area contributed by atoms with Crippen LogP contribution in [0.3, 0.4) is 0 Å². The van der Waals surface area contributed by atoms with Gasteiger partial charge in [0.15, 0.2) is 0 Å². The molecule has 0 aliphatic carbocycles. The summed E-state index contributed by atoms with van der Waals surface area (Å²) < 4.78 is 27.1. The Morgan fingerprint density at radius 3 is 2.45 bits per heavy atom. The second-order valence-electron chi connectivity index (χ2n) is 7.23. The number of rotatable bonds is 8. The first-order valence-corrected chi connectivity index (χ1v) is 11.5. The van der Waals surface area contributed by atoms with E-state index in [1.807, 2.05) is 37.4 Å². The third-order valence-electron chi connectivity index (χ3n) is 5.02. The maximum atomic E-state index is 12.8. The molecule has 0 amide bonds. The molecule has 2 aromatic rings. The molecule has 0 radical (unpaired) electrons. The topological polar surface area (TPSA) is 77.9 Å². The van der Waals surface area contributed by atoms with Crippen molar-refractivity contribution in [1.82, 2.24) is 14.2 Å². The molecule has 3 rings (SSSR count). The van der Waals surface area contributed by atoms with Crippen LogP contribution >= 0.6 is 0 Å². The first-order valence-electron chi connectivity index (χ1n) is 10.0. The summed E-state index contributed by atoms with van der Waals surface area (Å²) in [5, 5.41) is 4.53. The van der Waals surface area contributed by atoms with Gasteiger partial charge in [-0.05, 0) is 37.6 Å². The van der Waals surface area contributed by atoms with E-state index in [0.29, 0.717) is 18.9 Å². The van der Waals surface area contributed by atoms with Gasteiger partial charge in [-0.25, -0.2) is 13.4 Å². The van der Waals surface area contributed by atoms with E-state index >= 15 is 0 Å². The first kappa shape index (κ1) is 21.4. The summed E-state index contributed by atoms with van der Waals surface area (Å²) in [4.78, 5) is 6.60. The summed E-state index contributed by atoms with van der Waals surface area (Å²) in [5.74, 6) is 0.521. The minimum Gasteiger partial charge on any atom is -0.304 e. The van der Waals surface area contributed by atoms with Gasteiger partial charge in [-0.3, -0.25) is 5.43 Å². The van der Waals surface area contributed by atoms with Crippen LogP contribution in [-0.2, 0) is 10.0 Å². The van der Waals surface area contributed by atoms with Crippen LogP contribution in [0.15, 0.2) is 58.7 Å². The van der Waals surface area contributed by atoms with Gasteiger partial charge in [0, 0.05) is 32.4 Å². The molecule has 1 N–H and O–H groups in total. The predicted octanol–water partition coefficient (Wildman–Crippen LogP) is 3.02. The van der Waals surface area contributed by atoms with Crippen molar-refractivity contribution in [3.8, 4) is 0 Å². The Morgan fingerprint density at radius 1 is 1.10 bits per heavy atom. The van der Waals surface area contributed by atoms with Crippen molar-refractivity contribution in [2.24, 2.45) is 5.10 Å². The SMILES string of the molecule is CCCC/C(=N/Nc1ccc(S(=O)(=O)N2CCN(C)CC2)cn1)c1ccccc1. The van der Waals surface area contributed by atoms with Crippen LogP contribution in [-0.4, -0.2) is 61.5 Å². The number of nitrogens with one attached hydrogen (secondary N) is 1. The lowest BCUT2D eigenvalue weighted by molar-refractivity contribution is 0.222. The van der Waals surface area contributed by atoms with Crippen LogP contribution in [0.25, 0.3) is 0 Å². The number of hydrazone groups is 1. The lowest BCUT2D eigenvalue weighted by atomic mass is 10.1. The van der Waals surface area contributed by atoms with Crippen LogP contribution in [0.2, 0.25) is 0 Å². The minimum absolute atomic E-state index is 0.214. The molecule has 8 heteroatoms. The summed E-state index contributed by atoms with van der Waals surface area (Å²) in [6.45, 7) is 4.63. The first-order chi connectivity index (χ1) is 14.0. The number of anilines is 1. The van der Waals surface area contributed by atoms with Crippen LogP contribution < -0.4 is 5.43 Å². The Balaban J connectivity index is 1.71. The highest BCUT2D eigenvalue weighted by molar-refractivity contribution is 7.89. The van der Waals surface area contributed by atoms with Crippen molar-refractivity contribution in [2.75, 3.05) is 38.7 Å². The quantitative estimate of drug-likeness (QED) is 0.530. The highest BCUT2D eigenvalue weighted by Crippen LogP contribution is 2.18. The van der Waals surface area contributed by atoms with Gasteiger partial charge in [0.25, 0.3) is 0 Å². The molecule has 7 nitrogen and oxygen atoms in total. The maximum absolute atomic E-state index is 12.8. The Hall–Kier alpha value is -2.29. The van der Waals surface area contributed by atoms with E-state index in [2.05, 4.69) is 27.3 Å². The van der Waals surface area contributed by atoms with Gasteiger partial charge in [-0.2, -0.15) is 9.41 Å². The molecule has 2 heterocycles. The molecule has 1 saturated heterocycles. The Morgan fingerprint density at radius 2 is 1.83 bits per heavy atom. The Labute approximate surface area is 173 Å². The van der Waals surface area contributed by atoms with Gasteiger partial charge in [-0.15, -0.1) is 0 Å². The van der Waals surface area contributed by atoms with Crippen molar-refractivity contribution in [3.63, 3.8) is 0 Å². The number of sulfonamides is 1. The molecule has 1 aromatic heterocycles. The highest BCUT2D eigenvalue weighted by Gasteiger charge is 2.27. The van der Waals surface area contributed by atoms with E-state index in [1.165, 1.54) is 10.5 Å². The average Bonchev–Trinajstić information content (AvgIpc) is 2.75. The fourth-order valence-electron chi connectivity index (χ4n) is 3.14. The normalized spacial score (nSPS) is 16.7. The van der Waals surface area contributed by atoms with E-state index in [9.17, 15) is 8.42 Å². The fraction of sp³-hybridized carbons (Fsp3) is 0.429. The zero-order valence-corrected chi connectivity index (χ0v) is 17.9. The summed E-state index contributed by atoms with van der Waals surface area (Å²) in [5.41, 5.74) is 5.01. The molecule has 156 valence electrons. The number of aromatic nitrogens is 1. The number of benzene rings is 1. The molecule has 0 atom stereocenters. The van der Waals surface area contributed by atoms with Crippen molar-refractivity contribution in [2.45, 2.75) is 31.1 Å². The van der Waals surface area contributed by atoms with Crippen LogP contribution in [0, 0.1) is 0 Å². The molecule has 29 heavy (non-hydrogen) atoms. The van der Waals surface area contributed by atoms with Crippen LogP contribution in [0.4, 0.5) is 5.82 Å². The molecule has 0 bridgehead atoms. The lowest BCUT2D eigenvalue weighted by Crippen LogP contribution is -2.47. The molecule has 1 aromatic carbocycles. The summed E-state index contributed by atoms with van der Waals surface area (Å²) >= 11 is 0. The van der Waals surface area contributed by atoms with Gasteiger partial charge >= 0.3 is 0 Å². The van der Waals surface area contributed by atoms with E-state index in [0.717, 1.165) is 43.6 Å². The third kappa shape index (κ3) is 5.62.